The lowest BCUT2D eigenvalue weighted by Gasteiger charge is -2.18. The highest BCUT2D eigenvalue weighted by Gasteiger charge is 2.17. The van der Waals surface area contributed by atoms with Crippen molar-refractivity contribution in [1.29, 1.82) is 0 Å². The van der Waals surface area contributed by atoms with Gasteiger partial charge < -0.3 is 15.5 Å². The van der Waals surface area contributed by atoms with E-state index in [9.17, 15) is 4.79 Å². The zero-order valence-electron chi connectivity index (χ0n) is 10.9. The molecule has 100 valence electrons. The highest BCUT2D eigenvalue weighted by atomic mass is 32.1. The topological polar surface area (TPSA) is 57.3 Å². The Balaban J connectivity index is 2.02. The summed E-state index contributed by atoms with van der Waals surface area (Å²) >= 11 is 1.66. The summed E-state index contributed by atoms with van der Waals surface area (Å²) in [5, 5.41) is 9.35. The van der Waals surface area contributed by atoms with Gasteiger partial charge in [0.2, 0.25) is 5.91 Å². The first-order chi connectivity index (χ1) is 8.70. The molecule has 0 spiro atoms. The van der Waals surface area contributed by atoms with Crippen LogP contribution in [0.15, 0.2) is 5.38 Å². The van der Waals surface area contributed by atoms with Gasteiger partial charge in [-0.15, -0.1) is 11.3 Å². The maximum Gasteiger partial charge on any atom is 0.221 e. The van der Waals surface area contributed by atoms with Gasteiger partial charge in [0, 0.05) is 37.5 Å². The summed E-state index contributed by atoms with van der Waals surface area (Å²) in [7, 11) is 0. The van der Waals surface area contributed by atoms with Crippen LogP contribution in [0.1, 0.15) is 32.0 Å². The molecular formula is C12H20N4OS. The Morgan fingerprint density at radius 3 is 3.22 bits per heavy atom. The van der Waals surface area contributed by atoms with Gasteiger partial charge in [0.05, 0.1) is 5.69 Å². The van der Waals surface area contributed by atoms with Gasteiger partial charge in [-0.25, -0.2) is 4.98 Å². The van der Waals surface area contributed by atoms with Gasteiger partial charge in [0.25, 0.3) is 0 Å². The lowest BCUT2D eigenvalue weighted by Crippen LogP contribution is -2.28. The molecular weight excluding hydrogens is 248 g/mol. The largest absolute Gasteiger partial charge is 0.354 e. The van der Waals surface area contributed by atoms with E-state index in [-0.39, 0.29) is 11.9 Å². The molecule has 5 nitrogen and oxygen atoms in total. The Hall–Kier alpha value is -1.14. The van der Waals surface area contributed by atoms with E-state index < -0.39 is 0 Å². The van der Waals surface area contributed by atoms with Crippen LogP contribution in [-0.2, 0) is 4.79 Å². The van der Waals surface area contributed by atoms with Crippen molar-refractivity contribution in [2.75, 3.05) is 31.1 Å². The molecule has 18 heavy (non-hydrogen) atoms. The maximum atomic E-state index is 11.3. The Kier molecular flexibility index (Phi) is 4.54. The van der Waals surface area contributed by atoms with E-state index in [1.807, 2.05) is 0 Å². The first-order valence-electron chi connectivity index (χ1n) is 6.41. The Morgan fingerprint density at radius 2 is 2.44 bits per heavy atom. The van der Waals surface area contributed by atoms with Crippen LogP contribution in [0.3, 0.4) is 0 Å². The van der Waals surface area contributed by atoms with Crippen molar-refractivity contribution in [3.05, 3.63) is 11.1 Å². The van der Waals surface area contributed by atoms with Crippen LogP contribution in [0.4, 0.5) is 5.13 Å². The molecule has 1 aliphatic rings. The number of hydrogen-bond donors (Lipinski definition) is 2. The minimum absolute atomic E-state index is 0.135. The molecule has 1 amide bonds. The van der Waals surface area contributed by atoms with Crippen molar-refractivity contribution >= 4 is 22.4 Å². The molecule has 2 heterocycles. The second kappa shape index (κ2) is 6.15. The molecule has 1 fully saturated rings. The summed E-state index contributed by atoms with van der Waals surface area (Å²) in [6.45, 7) is 7.46. The van der Waals surface area contributed by atoms with Crippen LogP contribution in [0.2, 0.25) is 0 Å². The number of thiazole rings is 1. The average molecular weight is 268 g/mol. The third-order valence-corrected chi connectivity index (χ3v) is 3.97. The summed E-state index contributed by atoms with van der Waals surface area (Å²) < 4.78 is 0. The van der Waals surface area contributed by atoms with Crippen LogP contribution >= 0.6 is 11.3 Å². The summed E-state index contributed by atoms with van der Waals surface area (Å²) in [4.78, 5) is 18.1. The van der Waals surface area contributed by atoms with Crippen molar-refractivity contribution in [3.63, 3.8) is 0 Å². The number of nitrogens with one attached hydrogen (secondary N) is 2. The molecule has 0 aromatic carbocycles. The second-order valence-electron chi connectivity index (χ2n) is 4.42. The minimum atomic E-state index is 0.135. The molecule has 1 atom stereocenters. The van der Waals surface area contributed by atoms with Crippen LogP contribution in [0.5, 0.6) is 0 Å². The Bertz CT molecular complexity index is 407. The first-order valence-corrected chi connectivity index (χ1v) is 7.29. The number of nitrogens with zero attached hydrogens (tertiary/aromatic N) is 2. The number of carbonyl (C=O) groups is 1. The molecule has 0 aliphatic carbocycles. The van der Waals surface area contributed by atoms with Crippen molar-refractivity contribution in [2.45, 2.75) is 26.3 Å². The molecule has 1 unspecified atom stereocenters. The van der Waals surface area contributed by atoms with Gasteiger partial charge in [0.1, 0.15) is 0 Å². The van der Waals surface area contributed by atoms with Gasteiger partial charge in [-0.3, -0.25) is 4.79 Å². The zero-order valence-corrected chi connectivity index (χ0v) is 11.7. The van der Waals surface area contributed by atoms with E-state index in [0.717, 1.165) is 30.5 Å². The predicted molar refractivity (Wildman–Crippen MR) is 74.0 cm³/mol. The molecule has 0 bridgehead atoms. The number of anilines is 1. The molecule has 1 aliphatic heterocycles. The van der Waals surface area contributed by atoms with Gasteiger partial charge in [-0.05, 0) is 13.5 Å². The second-order valence-corrected chi connectivity index (χ2v) is 5.26. The van der Waals surface area contributed by atoms with Crippen LogP contribution in [-0.4, -0.2) is 37.1 Å². The maximum absolute atomic E-state index is 11.3. The summed E-state index contributed by atoms with van der Waals surface area (Å²) in [5.74, 6) is 0.135. The summed E-state index contributed by atoms with van der Waals surface area (Å²) in [6, 6.07) is 0.284. The fourth-order valence-electron chi connectivity index (χ4n) is 1.99. The van der Waals surface area contributed by atoms with E-state index in [4.69, 9.17) is 0 Å². The average Bonchev–Trinajstić information content (AvgIpc) is 2.74. The quantitative estimate of drug-likeness (QED) is 0.860. The molecule has 0 radical (unpaired) electrons. The van der Waals surface area contributed by atoms with Gasteiger partial charge in [-0.2, -0.15) is 0 Å². The van der Waals surface area contributed by atoms with E-state index in [1.165, 1.54) is 0 Å². The number of amides is 1. The molecule has 0 saturated carbocycles. The molecule has 6 heteroatoms. The number of aromatic nitrogens is 1. The fraction of sp³-hybridized carbons (Fsp3) is 0.667. The fourth-order valence-corrected chi connectivity index (χ4v) is 2.96. The lowest BCUT2D eigenvalue weighted by atomic mass is 10.2. The first kappa shape index (κ1) is 13.3. The van der Waals surface area contributed by atoms with Gasteiger partial charge in [0.15, 0.2) is 5.13 Å². The van der Waals surface area contributed by atoms with Crippen molar-refractivity contribution in [3.8, 4) is 0 Å². The molecule has 1 aromatic heterocycles. The number of carbonyl (C=O) groups excluding carboxylic acids is 1. The Labute approximate surface area is 112 Å². The highest BCUT2D eigenvalue weighted by Crippen LogP contribution is 2.24. The molecule has 1 saturated heterocycles. The van der Waals surface area contributed by atoms with Gasteiger partial charge in [-0.1, -0.05) is 6.92 Å². The Morgan fingerprint density at radius 1 is 1.61 bits per heavy atom. The molecule has 1 aromatic rings. The third kappa shape index (κ3) is 3.20. The van der Waals surface area contributed by atoms with Crippen LogP contribution in [0, 0.1) is 0 Å². The SMILES string of the molecule is CCNC(C)c1csc(N2CCNC(=O)CC2)n1. The van der Waals surface area contributed by atoms with Gasteiger partial charge >= 0.3 is 0 Å². The van der Waals surface area contributed by atoms with E-state index in [2.05, 4.69) is 39.7 Å². The summed E-state index contributed by atoms with van der Waals surface area (Å²) in [5.41, 5.74) is 1.08. The highest BCUT2D eigenvalue weighted by molar-refractivity contribution is 7.13. The van der Waals surface area contributed by atoms with Crippen LogP contribution in [0.25, 0.3) is 0 Å². The van der Waals surface area contributed by atoms with Crippen molar-refractivity contribution in [2.24, 2.45) is 0 Å². The summed E-state index contributed by atoms with van der Waals surface area (Å²) in [6.07, 6.45) is 0.553. The standard InChI is InChI=1S/C12H20N4OS/c1-3-13-9(2)10-8-18-12(15-10)16-6-4-11(17)14-5-7-16/h8-9,13H,3-7H2,1-2H3,(H,14,17). The van der Waals surface area contributed by atoms with E-state index in [0.29, 0.717) is 13.0 Å². The number of hydrogen-bond acceptors (Lipinski definition) is 5. The van der Waals surface area contributed by atoms with Crippen molar-refractivity contribution < 1.29 is 4.79 Å². The normalized spacial score (nSPS) is 18.3. The smallest absolute Gasteiger partial charge is 0.221 e. The zero-order chi connectivity index (χ0) is 13.0. The van der Waals surface area contributed by atoms with E-state index >= 15 is 0 Å². The minimum Gasteiger partial charge on any atom is -0.354 e. The molecule has 2 N–H and O–H groups in total. The molecule has 2 rings (SSSR count). The lowest BCUT2D eigenvalue weighted by molar-refractivity contribution is -0.120. The number of rotatable bonds is 4. The van der Waals surface area contributed by atoms with Crippen LogP contribution < -0.4 is 15.5 Å². The van der Waals surface area contributed by atoms with Crippen molar-refractivity contribution in [1.82, 2.24) is 15.6 Å². The monoisotopic (exact) mass is 268 g/mol. The third-order valence-electron chi connectivity index (χ3n) is 3.05. The predicted octanol–water partition coefficient (Wildman–Crippen LogP) is 1.14. The van der Waals surface area contributed by atoms with E-state index in [1.54, 1.807) is 11.3 Å².